The third kappa shape index (κ3) is 4.30. The van der Waals surface area contributed by atoms with Gasteiger partial charge in [0, 0.05) is 5.54 Å². The summed E-state index contributed by atoms with van der Waals surface area (Å²) in [6.45, 7) is 5.55. The molecule has 2 aromatic carbocycles. The standard InChI is InChI=1S/C27H34N2O3S/c1-18-5-8-24(9-6-18)33(31,32)29(25-10-19(2)4-7-20(25)3)17-26(30)28-27-14-21-11-22(15-27)13-23(12-21)16-27/h4-10,21-23H,11-17H2,1-3H3,(H,28,30). The topological polar surface area (TPSA) is 66.5 Å². The normalized spacial score (nSPS) is 28.0. The highest BCUT2D eigenvalue weighted by atomic mass is 32.2. The summed E-state index contributed by atoms with van der Waals surface area (Å²) in [7, 11) is -3.90. The number of nitrogens with zero attached hydrogens (tertiary/aromatic N) is 1. The van der Waals surface area contributed by atoms with Gasteiger partial charge in [0.05, 0.1) is 10.6 Å². The van der Waals surface area contributed by atoms with E-state index >= 15 is 0 Å². The number of sulfonamides is 1. The highest BCUT2D eigenvalue weighted by Gasteiger charge is 2.51. The predicted octanol–water partition coefficient (Wildman–Crippen LogP) is 4.89. The average Bonchev–Trinajstić information content (AvgIpc) is 2.73. The van der Waals surface area contributed by atoms with E-state index in [2.05, 4.69) is 5.32 Å². The summed E-state index contributed by atoms with van der Waals surface area (Å²) in [5.74, 6) is 1.93. The van der Waals surface area contributed by atoms with E-state index in [1.807, 2.05) is 39.0 Å². The molecule has 4 saturated carbocycles. The van der Waals surface area contributed by atoms with Crippen molar-refractivity contribution in [2.24, 2.45) is 17.8 Å². The van der Waals surface area contributed by atoms with Crippen molar-refractivity contribution in [2.45, 2.75) is 69.7 Å². The second-order valence-corrected chi connectivity index (χ2v) is 12.7. The summed E-state index contributed by atoms with van der Waals surface area (Å²) < 4.78 is 28.8. The SMILES string of the molecule is Cc1ccc(S(=O)(=O)N(CC(=O)NC23CC4CC(CC(C4)C2)C3)c2cc(C)ccc2C)cc1. The van der Waals surface area contributed by atoms with Crippen LogP contribution < -0.4 is 9.62 Å². The van der Waals surface area contributed by atoms with Gasteiger partial charge in [0.25, 0.3) is 10.0 Å². The monoisotopic (exact) mass is 466 g/mol. The van der Waals surface area contributed by atoms with E-state index in [1.165, 1.54) is 23.6 Å². The maximum Gasteiger partial charge on any atom is 0.264 e. The summed E-state index contributed by atoms with van der Waals surface area (Å²) in [4.78, 5) is 13.6. The van der Waals surface area contributed by atoms with E-state index in [9.17, 15) is 13.2 Å². The molecule has 176 valence electrons. The van der Waals surface area contributed by atoms with Gasteiger partial charge in [-0.3, -0.25) is 9.10 Å². The zero-order valence-corrected chi connectivity index (χ0v) is 20.6. The molecule has 0 aliphatic heterocycles. The third-order valence-corrected chi connectivity index (χ3v) is 9.75. The maximum absolute atomic E-state index is 13.8. The quantitative estimate of drug-likeness (QED) is 0.659. The first-order chi connectivity index (χ1) is 15.6. The fraction of sp³-hybridized carbons (Fsp3) is 0.519. The predicted molar refractivity (Wildman–Crippen MR) is 131 cm³/mol. The van der Waals surface area contributed by atoms with Crippen LogP contribution in [0.1, 0.15) is 55.2 Å². The fourth-order valence-electron chi connectivity index (χ4n) is 6.85. The third-order valence-electron chi connectivity index (χ3n) is 7.97. The molecular formula is C27H34N2O3S. The first kappa shape index (κ1) is 22.5. The first-order valence-corrected chi connectivity index (χ1v) is 13.6. The number of aryl methyl sites for hydroxylation is 3. The van der Waals surface area contributed by atoms with Gasteiger partial charge in [-0.1, -0.05) is 29.8 Å². The number of anilines is 1. The van der Waals surface area contributed by atoms with E-state index in [0.29, 0.717) is 23.4 Å². The number of benzene rings is 2. The van der Waals surface area contributed by atoms with Crippen LogP contribution in [0, 0.1) is 38.5 Å². The molecule has 4 aliphatic carbocycles. The Balaban J connectivity index is 1.45. The number of nitrogens with one attached hydrogen (secondary N) is 1. The lowest BCUT2D eigenvalue weighted by Gasteiger charge is -2.57. The van der Waals surface area contributed by atoms with Gasteiger partial charge in [-0.2, -0.15) is 0 Å². The van der Waals surface area contributed by atoms with Crippen molar-refractivity contribution < 1.29 is 13.2 Å². The molecule has 0 unspecified atom stereocenters. The number of carbonyl (C=O) groups excluding carboxylic acids is 1. The second-order valence-electron chi connectivity index (χ2n) is 10.9. The Morgan fingerprint density at radius 1 is 0.909 bits per heavy atom. The van der Waals surface area contributed by atoms with Gasteiger partial charge in [-0.05, 0) is 106 Å². The molecule has 4 aliphatic rings. The van der Waals surface area contributed by atoms with Gasteiger partial charge in [0.2, 0.25) is 5.91 Å². The zero-order valence-electron chi connectivity index (χ0n) is 19.8. The minimum absolute atomic E-state index is 0.146. The Hall–Kier alpha value is -2.34. The number of hydrogen-bond donors (Lipinski definition) is 1. The van der Waals surface area contributed by atoms with Crippen molar-refractivity contribution in [3.8, 4) is 0 Å². The molecule has 0 aromatic heterocycles. The molecule has 5 nitrogen and oxygen atoms in total. The molecule has 0 spiro atoms. The highest BCUT2D eigenvalue weighted by Crippen LogP contribution is 2.55. The van der Waals surface area contributed by atoms with Crippen LogP contribution in [-0.4, -0.2) is 26.4 Å². The molecule has 0 heterocycles. The molecule has 4 fully saturated rings. The van der Waals surface area contributed by atoms with E-state index in [-0.39, 0.29) is 22.9 Å². The fourth-order valence-corrected chi connectivity index (χ4v) is 8.33. The van der Waals surface area contributed by atoms with Crippen molar-refractivity contribution >= 4 is 21.6 Å². The smallest absolute Gasteiger partial charge is 0.264 e. The minimum Gasteiger partial charge on any atom is -0.349 e. The molecular weight excluding hydrogens is 432 g/mol. The van der Waals surface area contributed by atoms with E-state index in [1.54, 1.807) is 24.3 Å². The van der Waals surface area contributed by atoms with Crippen LogP contribution in [0.25, 0.3) is 0 Å². The van der Waals surface area contributed by atoms with E-state index < -0.39 is 10.0 Å². The van der Waals surface area contributed by atoms with Gasteiger partial charge in [-0.25, -0.2) is 8.42 Å². The summed E-state index contributed by atoms with van der Waals surface area (Å²) in [6, 6.07) is 12.6. The van der Waals surface area contributed by atoms with Gasteiger partial charge in [-0.15, -0.1) is 0 Å². The lowest BCUT2D eigenvalue weighted by atomic mass is 9.53. The Morgan fingerprint density at radius 2 is 1.45 bits per heavy atom. The van der Waals surface area contributed by atoms with Gasteiger partial charge < -0.3 is 5.32 Å². The lowest BCUT2D eigenvalue weighted by Crippen LogP contribution is -2.61. The molecule has 4 bridgehead atoms. The molecule has 6 rings (SSSR count). The summed E-state index contributed by atoms with van der Waals surface area (Å²) in [6.07, 6.45) is 7.01. The molecule has 0 atom stereocenters. The molecule has 0 saturated heterocycles. The van der Waals surface area contributed by atoms with Crippen LogP contribution in [0.3, 0.4) is 0 Å². The van der Waals surface area contributed by atoms with Gasteiger partial charge in [0.1, 0.15) is 6.54 Å². The Labute approximate surface area is 197 Å². The van der Waals surface area contributed by atoms with Crippen molar-refractivity contribution in [3.05, 3.63) is 59.2 Å². The van der Waals surface area contributed by atoms with Crippen LogP contribution in [0.15, 0.2) is 47.4 Å². The Bertz CT molecular complexity index is 1140. The van der Waals surface area contributed by atoms with Crippen LogP contribution in [-0.2, 0) is 14.8 Å². The molecule has 1 N–H and O–H groups in total. The van der Waals surface area contributed by atoms with Crippen LogP contribution in [0.5, 0.6) is 0 Å². The molecule has 2 aromatic rings. The largest absolute Gasteiger partial charge is 0.349 e. The molecule has 0 radical (unpaired) electrons. The van der Waals surface area contributed by atoms with Crippen molar-refractivity contribution in [3.63, 3.8) is 0 Å². The van der Waals surface area contributed by atoms with E-state index in [0.717, 1.165) is 36.0 Å². The van der Waals surface area contributed by atoms with Crippen LogP contribution in [0.4, 0.5) is 5.69 Å². The highest BCUT2D eigenvalue weighted by molar-refractivity contribution is 7.92. The zero-order chi connectivity index (χ0) is 23.4. The van der Waals surface area contributed by atoms with Gasteiger partial charge >= 0.3 is 0 Å². The van der Waals surface area contributed by atoms with Crippen molar-refractivity contribution in [1.29, 1.82) is 0 Å². The Kier molecular flexibility index (Phi) is 5.55. The first-order valence-electron chi connectivity index (χ1n) is 12.1. The van der Waals surface area contributed by atoms with Crippen LogP contribution in [0.2, 0.25) is 0 Å². The average molecular weight is 467 g/mol. The maximum atomic E-state index is 13.8. The number of rotatable bonds is 6. The van der Waals surface area contributed by atoms with Crippen molar-refractivity contribution in [2.75, 3.05) is 10.8 Å². The summed E-state index contributed by atoms with van der Waals surface area (Å²) in [5, 5.41) is 3.35. The van der Waals surface area contributed by atoms with Crippen molar-refractivity contribution in [1.82, 2.24) is 5.32 Å². The van der Waals surface area contributed by atoms with Crippen LogP contribution >= 0.6 is 0 Å². The molecule has 33 heavy (non-hydrogen) atoms. The number of hydrogen-bond acceptors (Lipinski definition) is 3. The minimum atomic E-state index is -3.90. The lowest BCUT2D eigenvalue weighted by molar-refractivity contribution is -0.125. The second kappa shape index (κ2) is 8.15. The van der Waals surface area contributed by atoms with E-state index in [4.69, 9.17) is 0 Å². The molecule has 1 amide bonds. The number of amides is 1. The number of carbonyl (C=O) groups is 1. The van der Waals surface area contributed by atoms with Gasteiger partial charge in [0.15, 0.2) is 0 Å². The Morgan fingerprint density at radius 3 is 2.03 bits per heavy atom. The summed E-state index contributed by atoms with van der Waals surface area (Å²) in [5.41, 5.74) is 3.20. The summed E-state index contributed by atoms with van der Waals surface area (Å²) >= 11 is 0. The molecule has 6 heteroatoms.